The van der Waals surface area contributed by atoms with Gasteiger partial charge in [-0.3, -0.25) is 4.79 Å². The lowest BCUT2D eigenvalue weighted by atomic mass is 9.99. The van der Waals surface area contributed by atoms with Gasteiger partial charge in [-0.1, -0.05) is 36.8 Å². The Morgan fingerprint density at radius 2 is 2.06 bits per heavy atom. The normalized spacial score (nSPS) is 19.9. The molecule has 0 saturated carbocycles. The topological polar surface area (TPSA) is 20.3 Å². The van der Waals surface area contributed by atoms with Crippen molar-refractivity contribution < 1.29 is 4.79 Å². The van der Waals surface area contributed by atoms with Gasteiger partial charge in [0.15, 0.2) is 0 Å². The zero-order valence-electron chi connectivity index (χ0n) is 11.5. The third kappa shape index (κ3) is 3.59. The fourth-order valence-corrected chi connectivity index (χ4v) is 2.58. The quantitative estimate of drug-likeness (QED) is 0.801. The number of aryl methyl sites for hydroxylation is 2. The average Bonchev–Trinajstić information content (AvgIpc) is 2.38. The van der Waals surface area contributed by atoms with Gasteiger partial charge in [0.25, 0.3) is 0 Å². The van der Waals surface area contributed by atoms with Crippen LogP contribution >= 0.6 is 0 Å². The van der Waals surface area contributed by atoms with Crippen LogP contribution < -0.4 is 0 Å². The number of hydrogen-bond acceptors (Lipinski definition) is 1. The maximum Gasteiger partial charge on any atom is 0.222 e. The van der Waals surface area contributed by atoms with Crippen LogP contribution in [0.15, 0.2) is 24.3 Å². The molecule has 1 aromatic rings. The van der Waals surface area contributed by atoms with Crippen molar-refractivity contribution in [2.24, 2.45) is 5.92 Å². The highest BCUT2D eigenvalue weighted by Gasteiger charge is 2.20. The number of carbonyl (C=O) groups is 1. The molecule has 18 heavy (non-hydrogen) atoms. The summed E-state index contributed by atoms with van der Waals surface area (Å²) >= 11 is 0. The van der Waals surface area contributed by atoms with Gasteiger partial charge in [-0.25, -0.2) is 0 Å². The molecular formula is C16H23NO. The lowest BCUT2D eigenvalue weighted by Gasteiger charge is -2.31. The maximum atomic E-state index is 12.1. The van der Waals surface area contributed by atoms with E-state index in [9.17, 15) is 4.79 Å². The van der Waals surface area contributed by atoms with Gasteiger partial charge in [0, 0.05) is 19.5 Å². The molecule has 0 radical (unpaired) electrons. The van der Waals surface area contributed by atoms with Crippen molar-refractivity contribution in [3.05, 3.63) is 35.4 Å². The van der Waals surface area contributed by atoms with E-state index in [1.54, 1.807) is 0 Å². The second kappa shape index (κ2) is 6.03. The van der Waals surface area contributed by atoms with Crippen LogP contribution in [0.3, 0.4) is 0 Å². The molecular weight excluding hydrogens is 222 g/mol. The maximum absolute atomic E-state index is 12.1. The standard InChI is InChI=1S/C16H23NO/c1-13-5-7-15(8-6-13)9-10-16(18)17-11-3-4-14(2)12-17/h5-8,14H,3-4,9-12H2,1-2H3. The van der Waals surface area contributed by atoms with Gasteiger partial charge in [0.2, 0.25) is 5.91 Å². The highest BCUT2D eigenvalue weighted by atomic mass is 16.2. The fraction of sp³-hybridized carbons (Fsp3) is 0.562. The van der Waals surface area contributed by atoms with E-state index in [0.29, 0.717) is 18.2 Å². The molecule has 2 heteroatoms. The largest absolute Gasteiger partial charge is 0.342 e. The number of benzene rings is 1. The van der Waals surface area contributed by atoms with E-state index in [1.807, 2.05) is 4.90 Å². The second-order valence-corrected chi connectivity index (χ2v) is 5.57. The van der Waals surface area contributed by atoms with E-state index in [2.05, 4.69) is 38.1 Å². The molecule has 2 nitrogen and oxygen atoms in total. The van der Waals surface area contributed by atoms with Gasteiger partial charge in [-0.05, 0) is 37.7 Å². The Kier molecular flexibility index (Phi) is 4.40. The van der Waals surface area contributed by atoms with Crippen LogP contribution in [-0.4, -0.2) is 23.9 Å². The van der Waals surface area contributed by atoms with Gasteiger partial charge in [0.05, 0.1) is 0 Å². The molecule has 1 fully saturated rings. The molecule has 1 heterocycles. The Balaban J connectivity index is 1.82. The molecule has 98 valence electrons. The van der Waals surface area contributed by atoms with Gasteiger partial charge in [-0.2, -0.15) is 0 Å². The minimum absolute atomic E-state index is 0.321. The molecule has 1 aromatic carbocycles. The van der Waals surface area contributed by atoms with Crippen molar-refractivity contribution in [2.45, 2.75) is 39.5 Å². The average molecular weight is 245 g/mol. The molecule has 1 unspecified atom stereocenters. The van der Waals surface area contributed by atoms with Crippen LogP contribution in [0.1, 0.15) is 37.3 Å². The van der Waals surface area contributed by atoms with Gasteiger partial charge in [0.1, 0.15) is 0 Å². The summed E-state index contributed by atoms with van der Waals surface area (Å²) in [6.45, 7) is 6.23. The van der Waals surface area contributed by atoms with E-state index in [0.717, 1.165) is 25.9 Å². The highest BCUT2D eigenvalue weighted by molar-refractivity contribution is 5.76. The molecule has 0 aromatic heterocycles. The van der Waals surface area contributed by atoms with E-state index in [4.69, 9.17) is 0 Å². The number of rotatable bonds is 3. The molecule has 2 rings (SSSR count). The molecule has 0 spiro atoms. The van der Waals surface area contributed by atoms with Gasteiger partial charge in [-0.15, -0.1) is 0 Å². The summed E-state index contributed by atoms with van der Waals surface area (Å²) in [4.78, 5) is 14.2. The smallest absolute Gasteiger partial charge is 0.222 e. The molecule has 1 saturated heterocycles. The second-order valence-electron chi connectivity index (χ2n) is 5.57. The summed E-state index contributed by atoms with van der Waals surface area (Å²) in [5.41, 5.74) is 2.54. The first-order chi connectivity index (χ1) is 8.65. The van der Waals surface area contributed by atoms with Crippen LogP contribution in [0.2, 0.25) is 0 Å². The third-order valence-corrected chi connectivity index (χ3v) is 3.76. The Hall–Kier alpha value is -1.31. The number of hydrogen-bond donors (Lipinski definition) is 0. The molecule has 1 atom stereocenters. The molecule has 1 amide bonds. The van der Waals surface area contributed by atoms with Crippen molar-refractivity contribution >= 4 is 5.91 Å². The third-order valence-electron chi connectivity index (χ3n) is 3.76. The predicted octanol–water partition coefficient (Wildman–Crippen LogP) is 3.19. The van der Waals surface area contributed by atoms with Crippen LogP contribution in [0.4, 0.5) is 0 Å². The van der Waals surface area contributed by atoms with Crippen molar-refractivity contribution in [1.29, 1.82) is 0 Å². The van der Waals surface area contributed by atoms with Crippen LogP contribution in [0, 0.1) is 12.8 Å². The fourth-order valence-electron chi connectivity index (χ4n) is 2.58. The summed E-state index contributed by atoms with van der Waals surface area (Å²) in [5.74, 6) is 0.990. The minimum Gasteiger partial charge on any atom is -0.342 e. The molecule has 1 aliphatic rings. The number of carbonyl (C=O) groups excluding carboxylic acids is 1. The van der Waals surface area contributed by atoms with Crippen molar-refractivity contribution in [3.63, 3.8) is 0 Å². The first kappa shape index (κ1) is 13.1. The number of piperidine rings is 1. The number of nitrogens with zero attached hydrogens (tertiary/aromatic N) is 1. The SMILES string of the molecule is Cc1ccc(CCC(=O)N2CCCC(C)C2)cc1. The van der Waals surface area contributed by atoms with Crippen molar-refractivity contribution in [1.82, 2.24) is 4.90 Å². The summed E-state index contributed by atoms with van der Waals surface area (Å²) in [5, 5.41) is 0. The van der Waals surface area contributed by atoms with E-state index in [1.165, 1.54) is 17.5 Å². The number of amides is 1. The van der Waals surface area contributed by atoms with E-state index < -0.39 is 0 Å². The number of likely N-dealkylation sites (tertiary alicyclic amines) is 1. The summed E-state index contributed by atoms with van der Waals surface area (Å²) < 4.78 is 0. The van der Waals surface area contributed by atoms with Crippen LogP contribution in [0.25, 0.3) is 0 Å². The van der Waals surface area contributed by atoms with E-state index >= 15 is 0 Å². The lowest BCUT2D eigenvalue weighted by Crippen LogP contribution is -2.39. The molecule has 0 N–H and O–H groups in total. The lowest BCUT2D eigenvalue weighted by molar-refractivity contribution is -0.132. The zero-order chi connectivity index (χ0) is 13.0. The van der Waals surface area contributed by atoms with E-state index in [-0.39, 0.29) is 0 Å². The summed E-state index contributed by atoms with van der Waals surface area (Å²) in [7, 11) is 0. The molecule has 0 bridgehead atoms. The Morgan fingerprint density at radius 1 is 1.33 bits per heavy atom. The Bertz CT molecular complexity index is 396. The molecule has 0 aliphatic carbocycles. The highest BCUT2D eigenvalue weighted by Crippen LogP contribution is 2.17. The monoisotopic (exact) mass is 245 g/mol. The summed E-state index contributed by atoms with van der Waals surface area (Å²) in [6, 6.07) is 8.48. The van der Waals surface area contributed by atoms with Crippen molar-refractivity contribution in [2.75, 3.05) is 13.1 Å². The first-order valence-corrected chi connectivity index (χ1v) is 6.98. The minimum atomic E-state index is 0.321. The van der Waals surface area contributed by atoms with Crippen LogP contribution in [-0.2, 0) is 11.2 Å². The van der Waals surface area contributed by atoms with Crippen LogP contribution in [0.5, 0.6) is 0 Å². The Morgan fingerprint density at radius 3 is 2.72 bits per heavy atom. The predicted molar refractivity (Wildman–Crippen MR) is 74.5 cm³/mol. The van der Waals surface area contributed by atoms with Gasteiger partial charge < -0.3 is 4.90 Å². The molecule has 1 aliphatic heterocycles. The Labute approximate surface area is 110 Å². The van der Waals surface area contributed by atoms with Crippen molar-refractivity contribution in [3.8, 4) is 0 Å². The first-order valence-electron chi connectivity index (χ1n) is 6.98. The summed E-state index contributed by atoms with van der Waals surface area (Å²) in [6.07, 6.45) is 3.94. The van der Waals surface area contributed by atoms with Gasteiger partial charge >= 0.3 is 0 Å². The zero-order valence-corrected chi connectivity index (χ0v) is 11.5.